The number of piperidine rings is 1. The van der Waals surface area contributed by atoms with Crippen LogP contribution in [0.2, 0.25) is 0 Å². The molecule has 1 aliphatic rings. The summed E-state index contributed by atoms with van der Waals surface area (Å²) in [5.41, 5.74) is 0.362. The van der Waals surface area contributed by atoms with Crippen molar-refractivity contribution in [2.45, 2.75) is 26.3 Å². The summed E-state index contributed by atoms with van der Waals surface area (Å²) < 4.78 is 0.959. The Balaban J connectivity index is 2.02. The minimum Gasteiger partial charge on any atom is -0.481 e. The maximum Gasteiger partial charge on any atom is 0.310 e. The third kappa shape index (κ3) is 3.09. The van der Waals surface area contributed by atoms with Gasteiger partial charge >= 0.3 is 5.97 Å². The van der Waals surface area contributed by atoms with Gasteiger partial charge in [0.25, 0.3) is 0 Å². The Labute approximate surface area is 115 Å². The van der Waals surface area contributed by atoms with Crippen LogP contribution in [0.1, 0.15) is 25.5 Å². The van der Waals surface area contributed by atoms with Gasteiger partial charge in [0.1, 0.15) is 0 Å². The van der Waals surface area contributed by atoms with Crippen molar-refractivity contribution in [1.82, 2.24) is 9.88 Å². The number of carboxylic acids is 1. The molecule has 0 spiro atoms. The van der Waals surface area contributed by atoms with Crippen LogP contribution in [0.4, 0.5) is 0 Å². The molecule has 1 aromatic rings. The first-order valence-corrected chi connectivity index (χ1v) is 6.85. The largest absolute Gasteiger partial charge is 0.481 e. The molecule has 98 valence electrons. The van der Waals surface area contributed by atoms with Crippen molar-refractivity contribution in [3.8, 4) is 0 Å². The molecule has 2 heterocycles. The predicted octanol–water partition coefficient (Wildman–Crippen LogP) is 2.53. The van der Waals surface area contributed by atoms with Crippen molar-refractivity contribution in [2.75, 3.05) is 13.1 Å². The summed E-state index contributed by atoms with van der Waals surface area (Å²) in [7, 11) is 0. The number of hydrogen-bond donors (Lipinski definition) is 1. The molecule has 2 rings (SSSR count). The van der Waals surface area contributed by atoms with Crippen molar-refractivity contribution < 1.29 is 9.90 Å². The van der Waals surface area contributed by atoms with Crippen molar-refractivity contribution in [2.24, 2.45) is 5.41 Å². The highest BCUT2D eigenvalue weighted by Gasteiger charge is 2.37. The van der Waals surface area contributed by atoms with Gasteiger partial charge in [-0.15, -0.1) is 0 Å². The van der Waals surface area contributed by atoms with Gasteiger partial charge in [-0.05, 0) is 54.4 Å². The monoisotopic (exact) mass is 312 g/mol. The van der Waals surface area contributed by atoms with Crippen LogP contribution in [-0.4, -0.2) is 34.0 Å². The number of aliphatic carboxylic acids is 1. The Kier molecular flexibility index (Phi) is 4.02. The highest BCUT2D eigenvalue weighted by Crippen LogP contribution is 2.30. The predicted molar refractivity (Wildman–Crippen MR) is 72.2 cm³/mol. The number of halogens is 1. The number of rotatable bonds is 3. The molecule has 5 heteroatoms. The van der Waals surface area contributed by atoms with E-state index in [1.54, 1.807) is 6.20 Å². The number of hydrogen-bond acceptors (Lipinski definition) is 3. The van der Waals surface area contributed by atoms with E-state index in [4.69, 9.17) is 0 Å². The van der Waals surface area contributed by atoms with Crippen LogP contribution >= 0.6 is 15.9 Å². The molecule has 0 saturated carbocycles. The highest BCUT2D eigenvalue weighted by atomic mass is 79.9. The van der Waals surface area contributed by atoms with E-state index in [0.717, 1.165) is 36.1 Å². The third-order valence-electron chi connectivity index (χ3n) is 3.47. The molecule has 1 unspecified atom stereocenters. The number of nitrogens with zero attached hydrogens (tertiary/aromatic N) is 2. The van der Waals surface area contributed by atoms with Crippen LogP contribution in [-0.2, 0) is 11.3 Å². The maximum atomic E-state index is 11.3. The van der Waals surface area contributed by atoms with Gasteiger partial charge in [0.15, 0.2) is 0 Å². The lowest BCUT2D eigenvalue weighted by molar-refractivity contribution is -0.151. The zero-order valence-electron chi connectivity index (χ0n) is 10.4. The van der Waals surface area contributed by atoms with E-state index in [2.05, 4.69) is 25.8 Å². The number of carbonyl (C=O) groups is 1. The average molecular weight is 313 g/mol. The lowest BCUT2D eigenvalue weighted by atomic mass is 9.82. The lowest BCUT2D eigenvalue weighted by Crippen LogP contribution is -2.45. The Hall–Kier alpha value is -0.940. The van der Waals surface area contributed by atoms with Gasteiger partial charge in [0.05, 0.1) is 11.1 Å². The van der Waals surface area contributed by atoms with Crippen LogP contribution < -0.4 is 0 Å². The van der Waals surface area contributed by atoms with Gasteiger partial charge in [0.2, 0.25) is 0 Å². The lowest BCUT2D eigenvalue weighted by Gasteiger charge is -2.37. The van der Waals surface area contributed by atoms with E-state index in [1.165, 1.54) is 0 Å². The molecule has 1 atom stereocenters. The summed E-state index contributed by atoms with van der Waals surface area (Å²) in [6.45, 7) is 4.09. The van der Waals surface area contributed by atoms with Crippen molar-refractivity contribution in [1.29, 1.82) is 0 Å². The van der Waals surface area contributed by atoms with E-state index in [9.17, 15) is 9.90 Å². The molecule has 1 saturated heterocycles. The molecule has 4 nitrogen and oxygen atoms in total. The van der Waals surface area contributed by atoms with Crippen molar-refractivity contribution in [3.05, 3.63) is 28.5 Å². The molecule has 18 heavy (non-hydrogen) atoms. The van der Waals surface area contributed by atoms with Gasteiger partial charge in [-0.2, -0.15) is 0 Å². The van der Waals surface area contributed by atoms with Gasteiger partial charge in [0, 0.05) is 23.8 Å². The summed E-state index contributed by atoms with van der Waals surface area (Å²) >= 11 is 3.35. The fourth-order valence-electron chi connectivity index (χ4n) is 2.38. The van der Waals surface area contributed by atoms with Crippen LogP contribution in [0, 0.1) is 5.41 Å². The molecule has 1 aromatic heterocycles. The second-order valence-corrected chi connectivity index (χ2v) is 6.06. The SMILES string of the molecule is CC1(C(=O)O)CCCN(Cc2ccc(Br)cn2)C1. The quantitative estimate of drug-likeness (QED) is 0.932. The third-order valence-corrected chi connectivity index (χ3v) is 3.94. The van der Waals surface area contributed by atoms with E-state index in [1.807, 2.05) is 19.1 Å². The average Bonchev–Trinajstić information content (AvgIpc) is 2.32. The zero-order valence-corrected chi connectivity index (χ0v) is 12.0. The van der Waals surface area contributed by atoms with Crippen molar-refractivity contribution in [3.63, 3.8) is 0 Å². The molecule has 1 N–H and O–H groups in total. The number of likely N-dealkylation sites (tertiary alicyclic amines) is 1. The van der Waals surface area contributed by atoms with E-state index < -0.39 is 11.4 Å². The number of aromatic nitrogens is 1. The fourth-order valence-corrected chi connectivity index (χ4v) is 2.62. The van der Waals surface area contributed by atoms with Crippen LogP contribution in [0.3, 0.4) is 0 Å². The van der Waals surface area contributed by atoms with Gasteiger partial charge in [-0.3, -0.25) is 14.7 Å². The summed E-state index contributed by atoms with van der Waals surface area (Å²) in [5, 5.41) is 9.27. The topological polar surface area (TPSA) is 53.4 Å². The summed E-state index contributed by atoms with van der Waals surface area (Å²) in [4.78, 5) is 17.8. The molecule has 1 fully saturated rings. The number of carboxylic acid groups (broad SMARTS) is 1. The van der Waals surface area contributed by atoms with E-state index in [0.29, 0.717) is 6.54 Å². The van der Waals surface area contributed by atoms with E-state index >= 15 is 0 Å². The second kappa shape index (κ2) is 5.36. The standard InChI is InChI=1S/C13H17BrN2O2/c1-13(12(17)18)5-2-6-16(9-13)8-11-4-3-10(14)7-15-11/h3-4,7H,2,5-6,8-9H2,1H3,(H,17,18). The summed E-state index contributed by atoms with van der Waals surface area (Å²) in [6.07, 6.45) is 3.46. The first-order valence-electron chi connectivity index (χ1n) is 6.06. The molecule has 0 bridgehead atoms. The zero-order chi connectivity index (χ0) is 13.2. The maximum absolute atomic E-state index is 11.3. The van der Waals surface area contributed by atoms with Crippen LogP contribution in [0.5, 0.6) is 0 Å². The molecule has 0 aromatic carbocycles. The van der Waals surface area contributed by atoms with Gasteiger partial charge in [-0.1, -0.05) is 0 Å². The highest BCUT2D eigenvalue weighted by molar-refractivity contribution is 9.10. The second-order valence-electron chi connectivity index (χ2n) is 5.15. The minimum absolute atomic E-state index is 0.597. The molecule has 0 amide bonds. The first-order chi connectivity index (χ1) is 8.49. The Morgan fingerprint density at radius 2 is 2.39 bits per heavy atom. The molecule has 0 radical (unpaired) electrons. The Morgan fingerprint density at radius 1 is 1.61 bits per heavy atom. The summed E-state index contributed by atoms with van der Waals surface area (Å²) in [5.74, 6) is -0.698. The molecular formula is C13H17BrN2O2. The van der Waals surface area contributed by atoms with Crippen LogP contribution in [0.15, 0.2) is 22.8 Å². The molecule has 0 aliphatic carbocycles. The first kappa shape index (κ1) is 13.5. The Bertz CT molecular complexity index is 435. The smallest absolute Gasteiger partial charge is 0.310 e. The normalized spacial score (nSPS) is 25.0. The molecular weight excluding hydrogens is 296 g/mol. The van der Waals surface area contributed by atoms with Crippen LogP contribution in [0.25, 0.3) is 0 Å². The fraction of sp³-hybridized carbons (Fsp3) is 0.538. The Morgan fingerprint density at radius 3 is 3.00 bits per heavy atom. The molecule has 1 aliphatic heterocycles. The minimum atomic E-state index is -0.698. The summed E-state index contributed by atoms with van der Waals surface area (Å²) in [6, 6.07) is 3.93. The van der Waals surface area contributed by atoms with E-state index in [-0.39, 0.29) is 0 Å². The van der Waals surface area contributed by atoms with Gasteiger partial charge < -0.3 is 5.11 Å². The number of pyridine rings is 1. The van der Waals surface area contributed by atoms with Gasteiger partial charge in [-0.25, -0.2) is 0 Å². The van der Waals surface area contributed by atoms with Crippen molar-refractivity contribution >= 4 is 21.9 Å².